The van der Waals surface area contributed by atoms with E-state index in [1.165, 1.54) is 16.8 Å². The SMILES string of the molecule is N#Cc1cccn(-c2ccc(N[C@H]3CC[C@H](Nc4cnc(Cl)cn4)C3)nc2)c1=O. The third kappa shape index (κ3) is 4.36. The number of nitrogens with one attached hydrogen (secondary N) is 2. The van der Waals surface area contributed by atoms with Gasteiger partial charge in [-0.15, -0.1) is 0 Å². The van der Waals surface area contributed by atoms with Crippen molar-refractivity contribution in [2.75, 3.05) is 10.6 Å². The first kappa shape index (κ1) is 18.9. The lowest BCUT2D eigenvalue weighted by atomic mass is 10.2. The fraction of sp³-hybridized carbons (Fsp3) is 0.250. The molecule has 4 rings (SSSR count). The minimum Gasteiger partial charge on any atom is -0.367 e. The molecule has 146 valence electrons. The number of pyridine rings is 2. The van der Waals surface area contributed by atoms with Crippen molar-refractivity contribution < 1.29 is 0 Å². The molecule has 1 fully saturated rings. The molecule has 2 N–H and O–H groups in total. The van der Waals surface area contributed by atoms with E-state index in [1.54, 1.807) is 24.7 Å². The predicted molar refractivity (Wildman–Crippen MR) is 110 cm³/mol. The van der Waals surface area contributed by atoms with Crippen LogP contribution in [0.15, 0.2) is 53.8 Å². The highest BCUT2D eigenvalue weighted by Crippen LogP contribution is 2.25. The van der Waals surface area contributed by atoms with Gasteiger partial charge in [-0.05, 0) is 43.5 Å². The molecule has 1 aliphatic carbocycles. The molecule has 3 aromatic heterocycles. The highest BCUT2D eigenvalue weighted by Gasteiger charge is 2.25. The highest BCUT2D eigenvalue weighted by molar-refractivity contribution is 6.29. The van der Waals surface area contributed by atoms with E-state index < -0.39 is 0 Å². The Balaban J connectivity index is 1.38. The van der Waals surface area contributed by atoms with Crippen LogP contribution in [0.1, 0.15) is 24.8 Å². The van der Waals surface area contributed by atoms with Gasteiger partial charge in [-0.25, -0.2) is 15.0 Å². The summed E-state index contributed by atoms with van der Waals surface area (Å²) in [5.74, 6) is 1.46. The summed E-state index contributed by atoms with van der Waals surface area (Å²) in [5, 5.41) is 16.2. The standard InChI is InChI=1S/C20H18ClN7O/c21-17-11-25-19(12-23-17)27-15-4-3-14(8-15)26-18-6-5-16(10-24-18)28-7-1-2-13(9-22)20(28)29/h1-2,5-7,10-12,14-15H,3-4,8H2,(H,24,26)(H,25,27)/t14-,15-/m0/s1. The van der Waals surface area contributed by atoms with Crippen LogP contribution in [0.2, 0.25) is 5.15 Å². The summed E-state index contributed by atoms with van der Waals surface area (Å²) < 4.78 is 1.41. The van der Waals surface area contributed by atoms with Gasteiger partial charge in [-0.3, -0.25) is 9.36 Å². The first-order valence-corrected chi connectivity index (χ1v) is 9.59. The van der Waals surface area contributed by atoms with Gasteiger partial charge in [0.15, 0.2) is 0 Å². The van der Waals surface area contributed by atoms with E-state index in [4.69, 9.17) is 16.9 Å². The lowest BCUT2D eigenvalue weighted by Gasteiger charge is -2.15. The van der Waals surface area contributed by atoms with E-state index >= 15 is 0 Å². The number of anilines is 2. The molecular formula is C20H18ClN7O. The summed E-state index contributed by atoms with van der Waals surface area (Å²) in [7, 11) is 0. The molecule has 0 aliphatic heterocycles. The smallest absolute Gasteiger partial charge is 0.273 e. The zero-order valence-corrected chi connectivity index (χ0v) is 16.2. The van der Waals surface area contributed by atoms with Gasteiger partial charge < -0.3 is 10.6 Å². The van der Waals surface area contributed by atoms with Crippen molar-refractivity contribution in [1.29, 1.82) is 5.26 Å². The largest absolute Gasteiger partial charge is 0.367 e. The Morgan fingerprint density at radius 1 is 1.03 bits per heavy atom. The van der Waals surface area contributed by atoms with Crippen LogP contribution in [0.5, 0.6) is 0 Å². The van der Waals surface area contributed by atoms with Crippen molar-refractivity contribution in [3.8, 4) is 11.8 Å². The first-order chi connectivity index (χ1) is 14.1. The number of hydrogen-bond donors (Lipinski definition) is 2. The maximum atomic E-state index is 12.2. The Labute approximate surface area is 172 Å². The molecule has 9 heteroatoms. The summed E-state index contributed by atoms with van der Waals surface area (Å²) in [6.07, 6.45) is 9.35. The van der Waals surface area contributed by atoms with Crippen LogP contribution < -0.4 is 16.2 Å². The third-order valence-corrected chi connectivity index (χ3v) is 5.05. The van der Waals surface area contributed by atoms with E-state index in [0.717, 1.165) is 25.1 Å². The number of nitrogens with zero attached hydrogens (tertiary/aromatic N) is 5. The van der Waals surface area contributed by atoms with Gasteiger partial charge in [0.05, 0.1) is 24.3 Å². The molecule has 0 aromatic carbocycles. The quantitative estimate of drug-likeness (QED) is 0.669. The first-order valence-electron chi connectivity index (χ1n) is 9.21. The van der Waals surface area contributed by atoms with Crippen LogP contribution >= 0.6 is 11.6 Å². The van der Waals surface area contributed by atoms with Crippen molar-refractivity contribution >= 4 is 23.2 Å². The van der Waals surface area contributed by atoms with E-state index in [9.17, 15) is 4.79 Å². The van der Waals surface area contributed by atoms with Crippen LogP contribution in [-0.4, -0.2) is 31.6 Å². The molecule has 1 aliphatic rings. The molecule has 2 atom stereocenters. The summed E-state index contributed by atoms with van der Waals surface area (Å²) >= 11 is 5.76. The van der Waals surface area contributed by atoms with Gasteiger partial charge in [0.2, 0.25) is 0 Å². The zero-order valence-electron chi connectivity index (χ0n) is 15.4. The fourth-order valence-corrected chi connectivity index (χ4v) is 3.54. The molecule has 29 heavy (non-hydrogen) atoms. The second-order valence-corrected chi connectivity index (χ2v) is 7.22. The molecule has 3 aromatic rings. The van der Waals surface area contributed by atoms with Gasteiger partial charge >= 0.3 is 0 Å². The monoisotopic (exact) mass is 407 g/mol. The second-order valence-electron chi connectivity index (χ2n) is 6.83. The van der Waals surface area contributed by atoms with Gasteiger partial charge in [0.25, 0.3) is 5.56 Å². The Morgan fingerprint density at radius 2 is 1.79 bits per heavy atom. The van der Waals surface area contributed by atoms with E-state index in [-0.39, 0.29) is 17.2 Å². The molecule has 0 unspecified atom stereocenters. The Morgan fingerprint density at radius 3 is 2.45 bits per heavy atom. The molecule has 0 radical (unpaired) electrons. The van der Waals surface area contributed by atoms with Crippen LogP contribution in [-0.2, 0) is 0 Å². The molecule has 0 saturated heterocycles. The molecule has 0 bridgehead atoms. The fourth-order valence-electron chi connectivity index (χ4n) is 3.45. The Kier molecular flexibility index (Phi) is 5.40. The van der Waals surface area contributed by atoms with Crippen LogP contribution in [0.25, 0.3) is 5.69 Å². The average molecular weight is 408 g/mol. The van der Waals surface area contributed by atoms with Crippen molar-refractivity contribution in [2.45, 2.75) is 31.3 Å². The number of nitriles is 1. The predicted octanol–water partition coefficient (Wildman–Crippen LogP) is 2.99. The van der Waals surface area contributed by atoms with Crippen molar-refractivity contribution in [2.24, 2.45) is 0 Å². The topological polar surface area (TPSA) is 109 Å². The van der Waals surface area contributed by atoms with Crippen LogP contribution in [0, 0.1) is 11.3 Å². The van der Waals surface area contributed by atoms with E-state index in [2.05, 4.69) is 25.6 Å². The van der Waals surface area contributed by atoms with Gasteiger partial charge in [0.1, 0.15) is 28.4 Å². The lowest BCUT2D eigenvalue weighted by Crippen LogP contribution is -2.22. The van der Waals surface area contributed by atoms with Crippen molar-refractivity contribution in [3.05, 3.63) is 70.1 Å². The molecule has 0 amide bonds. The zero-order chi connectivity index (χ0) is 20.2. The molecule has 1 saturated carbocycles. The maximum Gasteiger partial charge on any atom is 0.273 e. The number of rotatable bonds is 5. The van der Waals surface area contributed by atoms with Gasteiger partial charge in [-0.1, -0.05) is 11.6 Å². The summed E-state index contributed by atoms with van der Waals surface area (Å²) in [4.78, 5) is 24.9. The Bertz CT molecular complexity index is 1090. The summed E-state index contributed by atoms with van der Waals surface area (Å²) in [6.45, 7) is 0. The second kappa shape index (κ2) is 8.29. The molecule has 0 spiro atoms. The third-order valence-electron chi connectivity index (χ3n) is 4.85. The van der Waals surface area contributed by atoms with Crippen molar-refractivity contribution in [1.82, 2.24) is 19.5 Å². The summed E-state index contributed by atoms with van der Waals surface area (Å²) in [5.41, 5.74) is 0.363. The minimum absolute atomic E-state index is 0.101. The summed E-state index contributed by atoms with van der Waals surface area (Å²) in [6, 6.07) is 9.31. The van der Waals surface area contributed by atoms with E-state index in [1.807, 2.05) is 18.2 Å². The molecule has 8 nitrogen and oxygen atoms in total. The number of hydrogen-bond acceptors (Lipinski definition) is 7. The van der Waals surface area contributed by atoms with Gasteiger partial charge in [0, 0.05) is 18.3 Å². The highest BCUT2D eigenvalue weighted by atomic mass is 35.5. The Hall–Kier alpha value is -3.44. The average Bonchev–Trinajstić information content (AvgIpc) is 3.17. The maximum absolute atomic E-state index is 12.2. The minimum atomic E-state index is -0.354. The number of aromatic nitrogens is 4. The molecule has 3 heterocycles. The van der Waals surface area contributed by atoms with Crippen LogP contribution in [0.3, 0.4) is 0 Å². The van der Waals surface area contributed by atoms with Gasteiger partial charge in [-0.2, -0.15) is 5.26 Å². The molecular weight excluding hydrogens is 390 g/mol. The van der Waals surface area contributed by atoms with Crippen LogP contribution in [0.4, 0.5) is 11.6 Å². The number of halogens is 1. The van der Waals surface area contributed by atoms with Crippen molar-refractivity contribution in [3.63, 3.8) is 0 Å². The lowest BCUT2D eigenvalue weighted by molar-refractivity contribution is 0.719. The normalized spacial score (nSPS) is 18.2. The van der Waals surface area contributed by atoms with E-state index in [0.29, 0.717) is 22.7 Å².